The number of benzene rings is 1. The smallest absolute Gasteiger partial charge is 0.240 e. The molecular weight excluding hydrogens is 296 g/mol. The first kappa shape index (κ1) is 14.3. The van der Waals surface area contributed by atoms with Crippen molar-refractivity contribution in [2.75, 3.05) is 7.05 Å². The summed E-state index contributed by atoms with van der Waals surface area (Å²) in [5.41, 5.74) is 0. The van der Waals surface area contributed by atoms with Crippen molar-refractivity contribution in [1.29, 1.82) is 0 Å². The standard InChI is InChI=1S/C14H19ClN2O2S/c1-17-12-4-5-13(17)9-11(8-12)16-20(18,19)14-6-2-10(15)3-7-14/h2-3,6-7,11-13,16H,4-5,8-9H2,1H3/t12-,13-/m1/s1. The van der Waals surface area contributed by atoms with Gasteiger partial charge in [0, 0.05) is 23.1 Å². The van der Waals surface area contributed by atoms with Crippen LogP contribution in [-0.2, 0) is 10.0 Å². The number of hydrogen-bond donors (Lipinski definition) is 1. The first-order valence-corrected chi connectivity index (χ1v) is 8.81. The van der Waals surface area contributed by atoms with Crippen molar-refractivity contribution < 1.29 is 8.42 Å². The number of hydrogen-bond acceptors (Lipinski definition) is 3. The molecule has 6 heteroatoms. The van der Waals surface area contributed by atoms with Gasteiger partial charge in [0.25, 0.3) is 0 Å². The lowest BCUT2D eigenvalue weighted by atomic mass is 9.99. The van der Waals surface area contributed by atoms with E-state index in [4.69, 9.17) is 11.6 Å². The van der Waals surface area contributed by atoms with Crippen molar-refractivity contribution in [1.82, 2.24) is 9.62 Å². The van der Waals surface area contributed by atoms with E-state index in [-0.39, 0.29) is 10.9 Å². The SMILES string of the molecule is CN1[C@@H]2CC[C@@H]1CC(NS(=O)(=O)c1ccc(Cl)cc1)C2. The molecule has 2 atom stereocenters. The fourth-order valence-electron chi connectivity index (χ4n) is 3.41. The van der Waals surface area contributed by atoms with Gasteiger partial charge >= 0.3 is 0 Å². The molecule has 1 aromatic rings. The molecule has 0 unspecified atom stereocenters. The number of nitrogens with one attached hydrogen (secondary N) is 1. The van der Waals surface area contributed by atoms with E-state index in [0.29, 0.717) is 17.1 Å². The average Bonchev–Trinajstić information content (AvgIpc) is 2.62. The number of nitrogens with zero attached hydrogens (tertiary/aromatic N) is 1. The summed E-state index contributed by atoms with van der Waals surface area (Å²) in [5, 5.41) is 0.543. The van der Waals surface area contributed by atoms with Crippen LogP contribution in [0.2, 0.25) is 5.02 Å². The highest BCUT2D eigenvalue weighted by Crippen LogP contribution is 2.34. The molecule has 4 nitrogen and oxygen atoms in total. The van der Waals surface area contributed by atoms with Gasteiger partial charge in [-0.25, -0.2) is 13.1 Å². The third kappa shape index (κ3) is 2.72. The molecule has 110 valence electrons. The van der Waals surface area contributed by atoms with Crippen molar-refractivity contribution in [3.63, 3.8) is 0 Å². The maximum absolute atomic E-state index is 12.4. The van der Waals surface area contributed by atoms with E-state index in [0.717, 1.165) is 12.8 Å². The molecule has 20 heavy (non-hydrogen) atoms. The van der Waals surface area contributed by atoms with Gasteiger partial charge in [-0.05, 0) is 57.0 Å². The Balaban J connectivity index is 1.73. The molecule has 2 aliphatic rings. The van der Waals surface area contributed by atoms with E-state index in [1.165, 1.54) is 12.8 Å². The molecule has 2 heterocycles. The molecule has 1 N–H and O–H groups in total. The third-order valence-corrected chi connectivity index (χ3v) is 6.33. The largest absolute Gasteiger partial charge is 0.300 e. The van der Waals surface area contributed by atoms with E-state index < -0.39 is 10.0 Å². The fourth-order valence-corrected chi connectivity index (χ4v) is 4.80. The summed E-state index contributed by atoms with van der Waals surface area (Å²) in [5.74, 6) is 0. The van der Waals surface area contributed by atoms with Crippen LogP contribution in [0.3, 0.4) is 0 Å². The van der Waals surface area contributed by atoms with Crippen molar-refractivity contribution >= 4 is 21.6 Å². The third-order valence-electron chi connectivity index (χ3n) is 4.54. The minimum Gasteiger partial charge on any atom is -0.300 e. The van der Waals surface area contributed by atoms with Gasteiger partial charge in [-0.3, -0.25) is 0 Å². The van der Waals surface area contributed by atoms with Crippen molar-refractivity contribution in [2.45, 2.75) is 48.7 Å². The average molecular weight is 315 g/mol. The van der Waals surface area contributed by atoms with Crippen molar-refractivity contribution in [2.24, 2.45) is 0 Å². The van der Waals surface area contributed by atoms with Gasteiger partial charge in [-0.1, -0.05) is 11.6 Å². The van der Waals surface area contributed by atoms with Crippen LogP contribution in [0.4, 0.5) is 0 Å². The van der Waals surface area contributed by atoms with Crippen molar-refractivity contribution in [3.8, 4) is 0 Å². The van der Waals surface area contributed by atoms with Gasteiger partial charge in [-0.15, -0.1) is 0 Å². The number of sulfonamides is 1. The summed E-state index contributed by atoms with van der Waals surface area (Å²) in [6, 6.07) is 7.40. The summed E-state index contributed by atoms with van der Waals surface area (Å²) in [7, 11) is -1.30. The van der Waals surface area contributed by atoms with E-state index >= 15 is 0 Å². The summed E-state index contributed by atoms with van der Waals surface area (Å²) in [4.78, 5) is 2.68. The van der Waals surface area contributed by atoms with Crippen LogP contribution in [-0.4, -0.2) is 38.5 Å². The molecule has 0 aromatic heterocycles. The van der Waals surface area contributed by atoms with E-state index in [1.54, 1.807) is 24.3 Å². The zero-order valence-electron chi connectivity index (χ0n) is 11.4. The number of piperidine rings is 1. The second-order valence-electron chi connectivity index (χ2n) is 5.79. The number of fused-ring (bicyclic) bond motifs is 2. The minimum atomic E-state index is -3.44. The van der Waals surface area contributed by atoms with E-state index in [1.807, 2.05) is 0 Å². The van der Waals surface area contributed by atoms with Crippen LogP contribution in [0, 0.1) is 0 Å². The Morgan fingerprint density at radius 2 is 1.70 bits per heavy atom. The van der Waals surface area contributed by atoms with Crippen LogP contribution in [0.1, 0.15) is 25.7 Å². The van der Waals surface area contributed by atoms with E-state index in [2.05, 4.69) is 16.7 Å². The normalized spacial score (nSPS) is 30.6. The zero-order valence-corrected chi connectivity index (χ0v) is 13.0. The van der Waals surface area contributed by atoms with Crippen LogP contribution >= 0.6 is 11.6 Å². The molecule has 2 aliphatic heterocycles. The molecule has 0 radical (unpaired) electrons. The van der Waals surface area contributed by atoms with E-state index in [9.17, 15) is 8.42 Å². The highest BCUT2D eigenvalue weighted by atomic mass is 35.5. The molecule has 2 saturated heterocycles. The second kappa shape index (κ2) is 5.30. The Bertz CT molecular complexity index is 574. The molecule has 3 rings (SSSR count). The minimum absolute atomic E-state index is 0.0457. The Morgan fingerprint density at radius 1 is 1.15 bits per heavy atom. The Hall–Kier alpha value is -0.620. The Kier molecular flexibility index (Phi) is 3.79. The first-order valence-electron chi connectivity index (χ1n) is 6.95. The first-order chi connectivity index (χ1) is 9.45. The van der Waals surface area contributed by atoms with Crippen LogP contribution in [0.15, 0.2) is 29.2 Å². The lowest BCUT2D eigenvalue weighted by molar-refractivity contribution is 0.157. The molecule has 0 spiro atoms. The summed E-state index contributed by atoms with van der Waals surface area (Å²) in [6.45, 7) is 0. The van der Waals surface area contributed by atoms with Gasteiger partial charge in [0.2, 0.25) is 10.0 Å². The van der Waals surface area contributed by atoms with Gasteiger partial charge < -0.3 is 4.90 Å². The lowest BCUT2D eigenvalue weighted by Crippen LogP contribution is -2.48. The van der Waals surface area contributed by atoms with Crippen LogP contribution in [0.25, 0.3) is 0 Å². The molecular formula is C14H19ClN2O2S. The molecule has 0 amide bonds. The van der Waals surface area contributed by atoms with Gasteiger partial charge in [0.1, 0.15) is 0 Å². The molecule has 0 aliphatic carbocycles. The highest BCUT2D eigenvalue weighted by Gasteiger charge is 2.39. The van der Waals surface area contributed by atoms with Crippen molar-refractivity contribution in [3.05, 3.63) is 29.3 Å². The Morgan fingerprint density at radius 3 is 2.25 bits per heavy atom. The van der Waals surface area contributed by atoms with Gasteiger partial charge in [-0.2, -0.15) is 0 Å². The fraction of sp³-hybridized carbons (Fsp3) is 0.571. The van der Waals surface area contributed by atoms with Gasteiger partial charge in [0.05, 0.1) is 4.90 Å². The predicted molar refractivity (Wildman–Crippen MR) is 79.4 cm³/mol. The predicted octanol–water partition coefficient (Wildman–Crippen LogP) is 2.24. The van der Waals surface area contributed by atoms with Gasteiger partial charge in [0.15, 0.2) is 0 Å². The number of rotatable bonds is 3. The number of halogens is 1. The maximum Gasteiger partial charge on any atom is 0.240 e. The lowest BCUT2D eigenvalue weighted by Gasteiger charge is -2.36. The van der Waals surface area contributed by atoms with Crippen LogP contribution in [0.5, 0.6) is 0 Å². The monoisotopic (exact) mass is 314 g/mol. The zero-order chi connectivity index (χ0) is 14.3. The summed E-state index contributed by atoms with van der Waals surface area (Å²) in [6.07, 6.45) is 4.17. The quantitative estimate of drug-likeness (QED) is 0.931. The summed E-state index contributed by atoms with van der Waals surface area (Å²) < 4.78 is 27.6. The molecule has 2 bridgehead atoms. The Labute approximate surface area is 125 Å². The van der Waals surface area contributed by atoms with Crippen LogP contribution < -0.4 is 4.72 Å². The topological polar surface area (TPSA) is 49.4 Å². The molecule has 2 fully saturated rings. The molecule has 1 aromatic carbocycles. The summed E-state index contributed by atoms with van der Waals surface area (Å²) >= 11 is 5.80. The maximum atomic E-state index is 12.4. The highest BCUT2D eigenvalue weighted by molar-refractivity contribution is 7.89. The molecule has 0 saturated carbocycles. The second-order valence-corrected chi connectivity index (χ2v) is 7.94.